The number of amides is 2. The standard InChI is InChI=1S/C28H28F4N2O4/c1-38-16-23-21(28(36)33-13-5-3-2-4-6-26(35)34-37)12-11-20(19-9-7-17(29)14-24(19)31)27(23)22-10-8-18(30)15-25(22)32/h7-12,14-15,37H,2-6,13,16H2,1H3,(H,33,36)(H,34,35). The van der Waals surface area contributed by atoms with Crippen LogP contribution in [0.15, 0.2) is 48.5 Å². The number of hydrogen-bond acceptors (Lipinski definition) is 4. The van der Waals surface area contributed by atoms with Gasteiger partial charge in [0.25, 0.3) is 5.91 Å². The molecule has 0 aliphatic heterocycles. The lowest BCUT2D eigenvalue weighted by molar-refractivity contribution is -0.129. The zero-order valence-electron chi connectivity index (χ0n) is 20.8. The van der Waals surface area contributed by atoms with Crippen molar-refractivity contribution in [2.24, 2.45) is 0 Å². The Morgan fingerprint density at radius 1 is 0.816 bits per heavy atom. The van der Waals surface area contributed by atoms with Gasteiger partial charge >= 0.3 is 0 Å². The number of benzene rings is 3. The molecule has 0 fully saturated rings. The van der Waals surface area contributed by atoms with E-state index >= 15 is 0 Å². The average Bonchev–Trinajstić information content (AvgIpc) is 2.88. The van der Waals surface area contributed by atoms with Crippen LogP contribution in [0.25, 0.3) is 22.3 Å². The van der Waals surface area contributed by atoms with E-state index < -0.39 is 35.1 Å². The van der Waals surface area contributed by atoms with Gasteiger partial charge in [0.05, 0.1) is 6.61 Å². The van der Waals surface area contributed by atoms with Gasteiger partial charge in [0.2, 0.25) is 5.91 Å². The number of unbranched alkanes of at least 4 members (excludes halogenated alkanes) is 3. The summed E-state index contributed by atoms with van der Waals surface area (Å²) in [5.41, 5.74) is 2.21. The van der Waals surface area contributed by atoms with Crippen LogP contribution in [-0.2, 0) is 16.1 Å². The summed E-state index contributed by atoms with van der Waals surface area (Å²) in [5, 5.41) is 11.3. The van der Waals surface area contributed by atoms with Gasteiger partial charge in [-0.05, 0) is 59.9 Å². The molecule has 0 saturated heterocycles. The molecular formula is C28H28F4N2O4. The van der Waals surface area contributed by atoms with E-state index in [1.807, 2.05) is 0 Å². The van der Waals surface area contributed by atoms with Crippen LogP contribution < -0.4 is 10.8 Å². The van der Waals surface area contributed by atoms with Crippen LogP contribution in [0.2, 0.25) is 0 Å². The number of hydroxylamine groups is 1. The Morgan fingerprint density at radius 3 is 2.03 bits per heavy atom. The quantitative estimate of drug-likeness (QED) is 0.117. The van der Waals surface area contributed by atoms with Gasteiger partial charge in [0.15, 0.2) is 0 Å². The number of carbonyl (C=O) groups excluding carboxylic acids is 2. The maximum atomic E-state index is 15.0. The number of nitrogens with one attached hydrogen (secondary N) is 2. The van der Waals surface area contributed by atoms with Crippen LogP contribution in [0.4, 0.5) is 17.6 Å². The predicted molar refractivity (Wildman–Crippen MR) is 133 cm³/mol. The van der Waals surface area contributed by atoms with Gasteiger partial charge in [-0.1, -0.05) is 18.9 Å². The van der Waals surface area contributed by atoms with Crippen molar-refractivity contribution in [1.82, 2.24) is 10.8 Å². The molecular weight excluding hydrogens is 504 g/mol. The Hall–Kier alpha value is -3.76. The van der Waals surface area contributed by atoms with Gasteiger partial charge in [-0.15, -0.1) is 0 Å². The first-order valence-electron chi connectivity index (χ1n) is 12.0. The third-order valence-electron chi connectivity index (χ3n) is 6.01. The van der Waals surface area contributed by atoms with Crippen LogP contribution in [-0.4, -0.2) is 30.7 Å². The van der Waals surface area contributed by atoms with E-state index in [1.54, 1.807) is 5.48 Å². The van der Waals surface area contributed by atoms with Gasteiger partial charge < -0.3 is 10.1 Å². The maximum absolute atomic E-state index is 15.0. The Morgan fingerprint density at radius 2 is 1.42 bits per heavy atom. The SMILES string of the molecule is COCc1c(C(=O)NCCCCCCC(=O)NO)ccc(-c2ccc(F)cc2F)c1-c1ccc(F)cc1F. The number of ether oxygens (including phenoxy) is 1. The molecule has 0 spiro atoms. The van der Waals surface area contributed by atoms with Crippen LogP contribution in [0.3, 0.4) is 0 Å². The minimum absolute atomic E-state index is 0.0238. The van der Waals surface area contributed by atoms with Crippen LogP contribution in [0, 0.1) is 23.3 Å². The third kappa shape index (κ3) is 7.17. The Kier molecular flexibility index (Phi) is 10.4. The van der Waals surface area contributed by atoms with Crippen molar-refractivity contribution in [3.05, 3.63) is 82.9 Å². The first-order valence-corrected chi connectivity index (χ1v) is 12.0. The molecule has 3 aromatic carbocycles. The van der Waals surface area contributed by atoms with Crippen molar-refractivity contribution in [2.75, 3.05) is 13.7 Å². The molecule has 6 nitrogen and oxygen atoms in total. The van der Waals surface area contributed by atoms with Crippen molar-refractivity contribution in [1.29, 1.82) is 0 Å². The van der Waals surface area contributed by atoms with E-state index in [9.17, 15) is 27.2 Å². The second-order valence-corrected chi connectivity index (χ2v) is 8.65. The highest BCUT2D eigenvalue weighted by Crippen LogP contribution is 2.39. The van der Waals surface area contributed by atoms with Crippen molar-refractivity contribution in [3.8, 4) is 22.3 Å². The molecule has 0 bridgehead atoms. The normalized spacial score (nSPS) is 10.9. The van der Waals surface area contributed by atoms with Crippen LogP contribution in [0.5, 0.6) is 0 Å². The molecule has 0 radical (unpaired) electrons. The first kappa shape index (κ1) is 28.8. The third-order valence-corrected chi connectivity index (χ3v) is 6.01. The highest BCUT2D eigenvalue weighted by molar-refractivity contribution is 6.00. The summed E-state index contributed by atoms with van der Waals surface area (Å²) in [6, 6.07) is 8.82. The second-order valence-electron chi connectivity index (χ2n) is 8.65. The van der Waals surface area contributed by atoms with E-state index in [0.29, 0.717) is 31.5 Å². The number of rotatable bonds is 12. The number of carbonyl (C=O) groups is 2. The largest absolute Gasteiger partial charge is 0.380 e. The van der Waals surface area contributed by atoms with E-state index in [2.05, 4.69) is 5.32 Å². The fourth-order valence-electron chi connectivity index (χ4n) is 4.20. The zero-order chi connectivity index (χ0) is 27.7. The molecule has 10 heteroatoms. The zero-order valence-corrected chi connectivity index (χ0v) is 20.8. The van der Waals surface area contributed by atoms with Gasteiger partial charge in [-0.3, -0.25) is 14.8 Å². The number of halogens is 4. The number of hydrogen-bond donors (Lipinski definition) is 3. The molecule has 3 rings (SSSR count). The number of methoxy groups -OCH3 is 1. The summed E-state index contributed by atoms with van der Waals surface area (Å²) >= 11 is 0. The Bertz CT molecular complexity index is 1300. The monoisotopic (exact) mass is 532 g/mol. The Balaban J connectivity index is 1.94. The molecule has 202 valence electrons. The van der Waals surface area contributed by atoms with E-state index in [1.165, 1.54) is 31.4 Å². The minimum atomic E-state index is -0.918. The molecule has 0 heterocycles. The van der Waals surface area contributed by atoms with E-state index in [0.717, 1.165) is 25.0 Å². The molecule has 0 aliphatic carbocycles. The molecule has 0 saturated carbocycles. The van der Waals surface area contributed by atoms with E-state index in [-0.39, 0.29) is 46.4 Å². The fourth-order valence-corrected chi connectivity index (χ4v) is 4.20. The maximum Gasteiger partial charge on any atom is 0.251 e. The molecule has 3 N–H and O–H groups in total. The summed E-state index contributed by atoms with van der Waals surface area (Å²) in [5.74, 6) is -4.32. The molecule has 2 amide bonds. The second kappa shape index (κ2) is 13.7. The lowest BCUT2D eigenvalue weighted by Crippen LogP contribution is -2.26. The fraction of sp³-hybridized carbons (Fsp3) is 0.286. The molecule has 0 aromatic heterocycles. The highest BCUT2D eigenvalue weighted by Gasteiger charge is 2.23. The van der Waals surface area contributed by atoms with Crippen molar-refractivity contribution >= 4 is 11.8 Å². The first-order chi connectivity index (χ1) is 18.3. The molecule has 0 unspecified atom stereocenters. The van der Waals surface area contributed by atoms with Crippen LogP contribution >= 0.6 is 0 Å². The predicted octanol–water partition coefficient (Wildman–Crippen LogP) is 5.91. The minimum Gasteiger partial charge on any atom is -0.380 e. The van der Waals surface area contributed by atoms with Crippen molar-refractivity contribution in [2.45, 2.75) is 38.7 Å². The summed E-state index contributed by atoms with van der Waals surface area (Å²) in [6.07, 6.45) is 2.88. The Labute approximate surface area is 217 Å². The molecule has 0 aliphatic rings. The smallest absolute Gasteiger partial charge is 0.251 e. The van der Waals surface area contributed by atoms with Gasteiger partial charge in [0.1, 0.15) is 23.3 Å². The van der Waals surface area contributed by atoms with Gasteiger partial charge in [-0.25, -0.2) is 23.0 Å². The van der Waals surface area contributed by atoms with Crippen molar-refractivity contribution in [3.63, 3.8) is 0 Å². The summed E-state index contributed by atoms with van der Waals surface area (Å²) in [7, 11) is 1.38. The van der Waals surface area contributed by atoms with Crippen molar-refractivity contribution < 1.29 is 37.1 Å². The summed E-state index contributed by atoms with van der Waals surface area (Å²) in [4.78, 5) is 24.2. The molecule has 0 atom stereocenters. The summed E-state index contributed by atoms with van der Waals surface area (Å²) in [6.45, 7) is 0.185. The highest BCUT2D eigenvalue weighted by atomic mass is 19.1. The van der Waals surface area contributed by atoms with Crippen LogP contribution in [0.1, 0.15) is 48.0 Å². The topological polar surface area (TPSA) is 87.7 Å². The summed E-state index contributed by atoms with van der Waals surface area (Å²) < 4.78 is 62.4. The van der Waals surface area contributed by atoms with Gasteiger partial charge in [0, 0.05) is 48.9 Å². The molecule has 38 heavy (non-hydrogen) atoms. The lowest BCUT2D eigenvalue weighted by atomic mass is 9.87. The average molecular weight is 533 g/mol. The molecule has 3 aromatic rings. The lowest BCUT2D eigenvalue weighted by Gasteiger charge is -2.20. The van der Waals surface area contributed by atoms with Gasteiger partial charge in [-0.2, -0.15) is 0 Å². The van der Waals surface area contributed by atoms with E-state index in [4.69, 9.17) is 9.94 Å².